The normalized spacial score (nSPS) is 20.1. The van der Waals surface area contributed by atoms with Crippen LogP contribution in [0.3, 0.4) is 0 Å². The summed E-state index contributed by atoms with van der Waals surface area (Å²) in [4.78, 5) is 6.85. The lowest BCUT2D eigenvalue weighted by Gasteiger charge is -2.17. The van der Waals surface area contributed by atoms with Crippen molar-refractivity contribution < 1.29 is 4.74 Å². The lowest BCUT2D eigenvalue weighted by atomic mass is 10.3. The van der Waals surface area contributed by atoms with Crippen molar-refractivity contribution in [3.05, 3.63) is 18.2 Å². The Labute approximate surface area is 96.6 Å². The number of hydrogen-bond acceptors (Lipinski definition) is 4. The number of ether oxygens (including phenoxy) is 1. The third-order valence-corrected chi connectivity index (χ3v) is 2.89. The second-order valence-corrected chi connectivity index (χ2v) is 4.00. The molecule has 1 N–H and O–H groups in total. The van der Waals surface area contributed by atoms with Crippen molar-refractivity contribution >= 4 is 11.6 Å². The van der Waals surface area contributed by atoms with E-state index in [1.54, 1.807) is 7.11 Å². The molecule has 1 aliphatic rings. The number of nitrogens with one attached hydrogen (secondary N) is 1. The van der Waals surface area contributed by atoms with Crippen LogP contribution < -0.4 is 10.2 Å². The minimum absolute atomic E-state index is 0.351. The Morgan fingerprint density at radius 2 is 2.44 bits per heavy atom. The molecule has 1 atom stereocenters. The monoisotopic (exact) mass is 221 g/mol. The molecule has 1 unspecified atom stereocenters. The molecule has 0 bridgehead atoms. The Kier molecular flexibility index (Phi) is 3.62. The third kappa shape index (κ3) is 2.44. The van der Waals surface area contributed by atoms with E-state index in [4.69, 9.17) is 4.74 Å². The topological polar surface area (TPSA) is 37.4 Å². The molecule has 4 nitrogen and oxygen atoms in total. The quantitative estimate of drug-likeness (QED) is 0.840. The number of nitrogens with zero attached hydrogens (tertiary/aromatic N) is 2. The number of anilines is 2. The highest BCUT2D eigenvalue weighted by Gasteiger charge is 2.22. The fourth-order valence-electron chi connectivity index (χ4n) is 2.01. The van der Waals surface area contributed by atoms with Crippen molar-refractivity contribution in [1.82, 2.24) is 4.98 Å². The van der Waals surface area contributed by atoms with Gasteiger partial charge in [-0.05, 0) is 25.5 Å². The predicted molar refractivity (Wildman–Crippen MR) is 66.0 cm³/mol. The van der Waals surface area contributed by atoms with Crippen LogP contribution in [0.25, 0.3) is 0 Å². The summed E-state index contributed by atoms with van der Waals surface area (Å²) in [6, 6.07) is 6.09. The molecule has 2 rings (SSSR count). The Morgan fingerprint density at radius 1 is 1.56 bits per heavy atom. The molecular weight excluding hydrogens is 202 g/mol. The molecule has 88 valence electrons. The summed E-state index contributed by atoms with van der Waals surface area (Å²) in [5, 5.41) is 3.23. The molecule has 2 heterocycles. The predicted octanol–water partition coefficient (Wildman–Crippen LogP) is 1.74. The van der Waals surface area contributed by atoms with Gasteiger partial charge >= 0.3 is 0 Å². The third-order valence-electron chi connectivity index (χ3n) is 2.89. The van der Waals surface area contributed by atoms with Crippen LogP contribution in [-0.4, -0.2) is 37.8 Å². The number of methoxy groups -OCH3 is 1. The fourth-order valence-corrected chi connectivity index (χ4v) is 2.01. The minimum Gasteiger partial charge on any atom is -0.380 e. The van der Waals surface area contributed by atoms with Gasteiger partial charge in [-0.25, -0.2) is 4.98 Å². The maximum absolute atomic E-state index is 5.36. The Hall–Kier alpha value is -1.29. The van der Waals surface area contributed by atoms with Crippen LogP contribution in [-0.2, 0) is 4.74 Å². The van der Waals surface area contributed by atoms with Crippen molar-refractivity contribution in [2.75, 3.05) is 37.0 Å². The van der Waals surface area contributed by atoms with Gasteiger partial charge in [0.1, 0.15) is 11.6 Å². The first-order chi connectivity index (χ1) is 7.83. The Bertz CT molecular complexity index is 343. The van der Waals surface area contributed by atoms with Crippen molar-refractivity contribution in [3.63, 3.8) is 0 Å². The molecular formula is C12H19N3O. The molecule has 4 heteroatoms. The molecule has 1 aliphatic heterocycles. The number of aromatic nitrogens is 1. The lowest BCUT2D eigenvalue weighted by Crippen LogP contribution is -2.23. The maximum Gasteiger partial charge on any atom is 0.131 e. The van der Waals surface area contributed by atoms with Gasteiger partial charge in [0, 0.05) is 26.7 Å². The van der Waals surface area contributed by atoms with E-state index in [-0.39, 0.29) is 0 Å². The molecule has 1 saturated heterocycles. The second kappa shape index (κ2) is 5.16. The van der Waals surface area contributed by atoms with Crippen molar-refractivity contribution in [3.8, 4) is 0 Å². The van der Waals surface area contributed by atoms with Crippen molar-refractivity contribution in [2.45, 2.75) is 19.4 Å². The van der Waals surface area contributed by atoms with E-state index in [2.05, 4.69) is 28.2 Å². The molecule has 1 fully saturated rings. The van der Waals surface area contributed by atoms with E-state index in [9.17, 15) is 0 Å². The highest BCUT2D eigenvalue weighted by Crippen LogP contribution is 2.20. The molecule has 0 aliphatic carbocycles. The number of pyridine rings is 1. The molecule has 1 aromatic heterocycles. The van der Waals surface area contributed by atoms with Crippen LogP contribution in [0.4, 0.5) is 11.6 Å². The highest BCUT2D eigenvalue weighted by molar-refractivity contribution is 5.47. The van der Waals surface area contributed by atoms with Crippen molar-refractivity contribution in [1.29, 1.82) is 0 Å². The van der Waals surface area contributed by atoms with Gasteiger partial charge in [0.15, 0.2) is 0 Å². The lowest BCUT2D eigenvalue weighted by molar-refractivity contribution is 0.121. The van der Waals surface area contributed by atoms with E-state index in [0.29, 0.717) is 6.10 Å². The van der Waals surface area contributed by atoms with Crippen LogP contribution in [0.15, 0.2) is 18.2 Å². The molecule has 16 heavy (non-hydrogen) atoms. The van der Waals surface area contributed by atoms with Gasteiger partial charge in [0.2, 0.25) is 0 Å². The molecule has 0 spiro atoms. The summed E-state index contributed by atoms with van der Waals surface area (Å²) in [5.74, 6) is 1.99. The summed E-state index contributed by atoms with van der Waals surface area (Å²) in [6.45, 7) is 4.95. The average molecular weight is 221 g/mol. The van der Waals surface area contributed by atoms with Gasteiger partial charge in [-0.1, -0.05) is 6.07 Å². The smallest absolute Gasteiger partial charge is 0.131 e. The zero-order valence-corrected chi connectivity index (χ0v) is 9.94. The first kappa shape index (κ1) is 11.2. The molecule has 0 aromatic carbocycles. The molecule has 1 aromatic rings. The summed E-state index contributed by atoms with van der Waals surface area (Å²) in [5.41, 5.74) is 0. The van der Waals surface area contributed by atoms with Gasteiger partial charge in [0.25, 0.3) is 0 Å². The van der Waals surface area contributed by atoms with E-state index >= 15 is 0 Å². The largest absolute Gasteiger partial charge is 0.380 e. The summed E-state index contributed by atoms with van der Waals surface area (Å²) in [7, 11) is 1.77. The molecule has 0 radical (unpaired) electrons. The molecule has 0 amide bonds. The van der Waals surface area contributed by atoms with E-state index in [0.717, 1.165) is 37.7 Å². The van der Waals surface area contributed by atoms with E-state index in [1.165, 1.54) is 0 Å². The van der Waals surface area contributed by atoms with Gasteiger partial charge in [-0.3, -0.25) is 0 Å². The van der Waals surface area contributed by atoms with Crippen LogP contribution in [0, 0.1) is 0 Å². The minimum atomic E-state index is 0.351. The average Bonchev–Trinajstić information content (AvgIpc) is 2.78. The summed E-state index contributed by atoms with van der Waals surface area (Å²) in [6.07, 6.45) is 1.44. The summed E-state index contributed by atoms with van der Waals surface area (Å²) >= 11 is 0. The van der Waals surface area contributed by atoms with Gasteiger partial charge in [-0.2, -0.15) is 0 Å². The number of hydrogen-bond donors (Lipinski definition) is 1. The van der Waals surface area contributed by atoms with Crippen LogP contribution in [0.1, 0.15) is 13.3 Å². The Morgan fingerprint density at radius 3 is 3.12 bits per heavy atom. The first-order valence-corrected chi connectivity index (χ1v) is 5.82. The number of rotatable bonds is 4. The van der Waals surface area contributed by atoms with Crippen LogP contribution in [0.5, 0.6) is 0 Å². The first-order valence-electron chi connectivity index (χ1n) is 5.82. The maximum atomic E-state index is 5.36. The molecule has 0 saturated carbocycles. The zero-order chi connectivity index (χ0) is 11.4. The highest BCUT2D eigenvalue weighted by atomic mass is 16.5. The SMILES string of the molecule is CCNc1cccc(N2CCC(OC)C2)n1. The van der Waals surface area contributed by atoms with Crippen molar-refractivity contribution in [2.24, 2.45) is 0 Å². The van der Waals surface area contributed by atoms with E-state index < -0.39 is 0 Å². The fraction of sp³-hybridized carbons (Fsp3) is 0.583. The zero-order valence-electron chi connectivity index (χ0n) is 9.94. The second-order valence-electron chi connectivity index (χ2n) is 4.00. The van der Waals surface area contributed by atoms with Crippen LogP contribution in [0.2, 0.25) is 0 Å². The van der Waals surface area contributed by atoms with Gasteiger partial charge in [0.05, 0.1) is 6.10 Å². The van der Waals surface area contributed by atoms with Gasteiger partial charge < -0.3 is 15.0 Å². The van der Waals surface area contributed by atoms with Gasteiger partial charge in [-0.15, -0.1) is 0 Å². The standard InChI is InChI=1S/C12H19N3O/c1-3-13-11-5-4-6-12(14-11)15-8-7-10(9-15)16-2/h4-6,10H,3,7-9H2,1-2H3,(H,13,14). The Balaban J connectivity index is 2.06. The summed E-state index contributed by atoms with van der Waals surface area (Å²) < 4.78 is 5.36. The van der Waals surface area contributed by atoms with E-state index in [1.807, 2.05) is 12.1 Å². The van der Waals surface area contributed by atoms with Crippen LogP contribution >= 0.6 is 0 Å².